The molecule has 0 bridgehead atoms. The molecule has 2 heterocycles. The van der Waals surface area contributed by atoms with Crippen molar-refractivity contribution in [1.29, 1.82) is 0 Å². The van der Waals surface area contributed by atoms with E-state index >= 15 is 0 Å². The zero-order valence-corrected chi connectivity index (χ0v) is 13.6. The minimum absolute atomic E-state index is 0.177. The van der Waals surface area contributed by atoms with E-state index in [0.29, 0.717) is 25.3 Å². The predicted molar refractivity (Wildman–Crippen MR) is 89.1 cm³/mol. The third kappa shape index (κ3) is 2.95. The number of pyridine rings is 1. The molecule has 1 N–H and O–H groups in total. The smallest absolute Gasteiger partial charge is 0.252 e. The monoisotopic (exact) mass is 328 g/mol. The molecule has 24 heavy (non-hydrogen) atoms. The molecule has 6 nitrogen and oxygen atoms in total. The number of nitrogens with zero attached hydrogens (tertiary/aromatic N) is 1. The second kappa shape index (κ2) is 6.03. The van der Waals surface area contributed by atoms with Gasteiger partial charge in [0.25, 0.3) is 11.5 Å². The summed E-state index contributed by atoms with van der Waals surface area (Å²) in [6, 6.07) is 7.46. The van der Waals surface area contributed by atoms with Crippen LogP contribution in [0.15, 0.2) is 29.1 Å². The Balaban J connectivity index is 1.80. The molecule has 2 aliphatic rings. The summed E-state index contributed by atoms with van der Waals surface area (Å²) in [7, 11) is 0. The number of ether oxygens (including phenoxy) is 2. The maximum Gasteiger partial charge on any atom is 0.252 e. The number of carbonyl (C=O) groups excluding carboxylic acids is 1. The first-order valence-electron chi connectivity index (χ1n) is 8.30. The van der Waals surface area contributed by atoms with Crippen molar-refractivity contribution >= 4 is 16.8 Å². The molecular weight excluding hydrogens is 308 g/mol. The second-order valence-electron chi connectivity index (χ2n) is 6.45. The maximum absolute atomic E-state index is 12.6. The predicted octanol–water partition coefficient (Wildman–Crippen LogP) is 1.58. The molecule has 0 unspecified atom stereocenters. The van der Waals surface area contributed by atoms with Crippen LogP contribution in [0.2, 0.25) is 0 Å². The quantitative estimate of drug-likeness (QED) is 0.925. The van der Waals surface area contributed by atoms with E-state index in [1.54, 1.807) is 4.57 Å². The molecule has 1 aromatic carbocycles. The van der Waals surface area contributed by atoms with E-state index in [2.05, 4.69) is 5.32 Å². The van der Waals surface area contributed by atoms with Gasteiger partial charge in [-0.3, -0.25) is 9.59 Å². The highest BCUT2D eigenvalue weighted by Gasteiger charge is 2.26. The van der Waals surface area contributed by atoms with Crippen LogP contribution in [0.5, 0.6) is 0 Å². The zero-order chi connectivity index (χ0) is 16.7. The lowest BCUT2D eigenvalue weighted by Crippen LogP contribution is -2.31. The molecule has 1 amide bonds. The Kier molecular flexibility index (Phi) is 3.86. The van der Waals surface area contributed by atoms with Crippen molar-refractivity contribution in [1.82, 2.24) is 9.88 Å². The Labute approximate surface area is 139 Å². The topological polar surface area (TPSA) is 69.6 Å². The van der Waals surface area contributed by atoms with Gasteiger partial charge in [-0.15, -0.1) is 0 Å². The van der Waals surface area contributed by atoms with Crippen LogP contribution in [0.1, 0.15) is 28.8 Å². The Hall–Kier alpha value is -2.18. The maximum atomic E-state index is 12.6. The van der Waals surface area contributed by atoms with Gasteiger partial charge < -0.3 is 19.4 Å². The summed E-state index contributed by atoms with van der Waals surface area (Å²) in [4.78, 5) is 25.1. The van der Waals surface area contributed by atoms with E-state index in [1.165, 1.54) is 6.07 Å². The van der Waals surface area contributed by atoms with Crippen molar-refractivity contribution in [2.24, 2.45) is 0 Å². The summed E-state index contributed by atoms with van der Waals surface area (Å²) >= 11 is 0. The average molecular weight is 328 g/mol. The number of amides is 1. The molecule has 6 heteroatoms. The summed E-state index contributed by atoms with van der Waals surface area (Å²) in [5, 5.41) is 3.73. The zero-order valence-electron chi connectivity index (χ0n) is 13.6. The van der Waals surface area contributed by atoms with E-state index in [-0.39, 0.29) is 17.5 Å². The number of rotatable bonds is 4. The fourth-order valence-corrected chi connectivity index (χ4v) is 3.02. The molecule has 1 saturated heterocycles. The van der Waals surface area contributed by atoms with Crippen molar-refractivity contribution in [2.75, 3.05) is 13.2 Å². The van der Waals surface area contributed by atoms with E-state index in [0.717, 1.165) is 29.3 Å². The lowest BCUT2D eigenvalue weighted by molar-refractivity contribution is -0.0522. The third-order valence-electron chi connectivity index (χ3n) is 4.45. The molecule has 4 rings (SSSR count). The summed E-state index contributed by atoms with van der Waals surface area (Å²) < 4.78 is 12.6. The van der Waals surface area contributed by atoms with Crippen molar-refractivity contribution < 1.29 is 14.3 Å². The van der Waals surface area contributed by atoms with Crippen molar-refractivity contribution in [2.45, 2.75) is 38.6 Å². The Morgan fingerprint density at radius 1 is 1.25 bits per heavy atom. The molecule has 2 fully saturated rings. The van der Waals surface area contributed by atoms with E-state index in [1.807, 2.05) is 25.1 Å². The van der Waals surface area contributed by atoms with Crippen LogP contribution in [0, 0.1) is 6.92 Å². The molecule has 0 radical (unpaired) electrons. The van der Waals surface area contributed by atoms with Crippen molar-refractivity contribution in [3.05, 3.63) is 45.7 Å². The van der Waals surface area contributed by atoms with Crippen LogP contribution >= 0.6 is 0 Å². The van der Waals surface area contributed by atoms with Gasteiger partial charge in [0.1, 0.15) is 0 Å². The number of aromatic nitrogens is 1. The van der Waals surface area contributed by atoms with Crippen molar-refractivity contribution in [3.63, 3.8) is 0 Å². The van der Waals surface area contributed by atoms with Crippen LogP contribution < -0.4 is 10.9 Å². The number of fused-ring (bicyclic) bond motifs is 1. The van der Waals surface area contributed by atoms with Gasteiger partial charge in [0.15, 0.2) is 6.29 Å². The molecule has 0 spiro atoms. The molecule has 1 aliphatic heterocycles. The minimum Gasteiger partial charge on any atom is -0.349 e. The summed E-state index contributed by atoms with van der Waals surface area (Å²) in [5.74, 6) is -0.177. The fraction of sp³-hybridized carbons (Fsp3) is 0.444. The second-order valence-corrected chi connectivity index (χ2v) is 6.45. The van der Waals surface area contributed by atoms with Crippen molar-refractivity contribution in [3.8, 4) is 0 Å². The minimum atomic E-state index is -0.419. The number of benzene rings is 1. The first-order valence-corrected chi connectivity index (χ1v) is 8.30. The van der Waals surface area contributed by atoms with E-state index < -0.39 is 6.29 Å². The fourth-order valence-electron chi connectivity index (χ4n) is 3.02. The number of aryl methyl sites for hydroxylation is 1. The Morgan fingerprint density at radius 3 is 2.71 bits per heavy atom. The lowest BCUT2D eigenvalue weighted by atomic mass is 10.1. The normalized spacial score (nSPS) is 18.2. The van der Waals surface area contributed by atoms with E-state index in [4.69, 9.17) is 9.47 Å². The lowest BCUT2D eigenvalue weighted by Gasteiger charge is -2.16. The first-order chi connectivity index (χ1) is 11.6. The number of nitrogens with one attached hydrogen (secondary N) is 1. The Morgan fingerprint density at radius 2 is 2.00 bits per heavy atom. The largest absolute Gasteiger partial charge is 0.349 e. The van der Waals surface area contributed by atoms with Crippen LogP contribution in [0.4, 0.5) is 0 Å². The number of hydrogen-bond acceptors (Lipinski definition) is 4. The summed E-state index contributed by atoms with van der Waals surface area (Å²) in [6.45, 7) is 3.37. The molecule has 0 atom stereocenters. The highest BCUT2D eigenvalue weighted by Crippen LogP contribution is 2.23. The van der Waals surface area contributed by atoms with Gasteiger partial charge >= 0.3 is 0 Å². The number of carbonyl (C=O) groups is 1. The van der Waals surface area contributed by atoms with Gasteiger partial charge in [-0.05, 0) is 31.4 Å². The van der Waals surface area contributed by atoms with Gasteiger partial charge in [0, 0.05) is 17.5 Å². The molecule has 2 aromatic rings. The SMILES string of the molecule is Cc1ccc2c(C(=O)NC3CC3)cc(=O)n(CC3OCCO3)c2c1. The highest BCUT2D eigenvalue weighted by molar-refractivity contribution is 6.06. The van der Waals surface area contributed by atoms with E-state index in [9.17, 15) is 9.59 Å². The average Bonchev–Trinajstić information content (AvgIpc) is 3.22. The first kappa shape index (κ1) is 15.4. The molecular formula is C18H20N2O4. The summed E-state index contributed by atoms with van der Waals surface area (Å²) in [5.41, 5.74) is 1.99. The van der Waals surface area contributed by atoms with Gasteiger partial charge in [-0.1, -0.05) is 12.1 Å². The van der Waals surface area contributed by atoms with Gasteiger partial charge in [0.05, 0.1) is 30.8 Å². The molecule has 1 aromatic heterocycles. The third-order valence-corrected chi connectivity index (χ3v) is 4.45. The molecule has 126 valence electrons. The van der Waals surface area contributed by atoms with Crippen LogP contribution in [0.25, 0.3) is 10.9 Å². The van der Waals surface area contributed by atoms with Crippen LogP contribution in [-0.4, -0.2) is 36.0 Å². The summed E-state index contributed by atoms with van der Waals surface area (Å²) in [6.07, 6.45) is 1.60. The highest BCUT2D eigenvalue weighted by atomic mass is 16.7. The van der Waals surface area contributed by atoms with Gasteiger partial charge in [-0.2, -0.15) is 0 Å². The Bertz CT molecular complexity index is 848. The van der Waals surface area contributed by atoms with Gasteiger partial charge in [-0.25, -0.2) is 0 Å². The van der Waals surface area contributed by atoms with Crippen LogP contribution in [0.3, 0.4) is 0 Å². The number of hydrogen-bond donors (Lipinski definition) is 1. The molecule has 1 aliphatic carbocycles. The van der Waals surface area contributed by atoms with Crippen LogP contribution in [-0.2, 0) is 16.0 Å². The van der Waals surface area contributed by atoms with Gasteiger partial charge in [0.2, 0.25) is 0 Å². The standard InChI is InChI=1S/C18H20N2O4/c1-11-2-5-13-14(18(22)19-12-3-4-12)9-16(21)20(15(13)8-11)10-17-23-6-7-24-17/h2,5,8-9,12,17H,3-4,6-7,10H2,1H3,(H,19,22). The molecule has 1 saturated carbocycles.